The summed E-state index contributed by atoms with van der Waals surface area (Å²) >= 11 is 0. The van der Waals surface area contributed by atoms with Crippen LogP contribution in [0.1, 0.15) is 53.9 Å². The van der Waals surface area contributed by atoms with E-state index in [0.717, 1.165) is 19.3 Å². The van der Waals surface area contributed by atoms with Crippen molar-refractivity contribution in [1.29, 1.82) is 0 Å². The van der Waals surface area contributed by atoms with E-state index >= 15 is 0 Å². The van der Waals surface area contributed by atoms with Crippen LogP contribution in [0.25, 0.3) is 0 Å². The smallest absolute Gasteiger partial charge is 0.234 e. The van der Waals surface area contributed by atoms with Crippen LogP contribution in [-0.4, -0.2) is 24.0 Å². The number of carbonyl (C=O) groups is 1. The third kappa shape index (κ3) is 7.37. The van der Waals surface area contributed by atoms with Crippen molar-refractivity contribution >= 4 is 5.91 Å². The van der Waals surface area contributed by atoms with Gasteiger partial charge in [0.25, 0.3) is 0 Å². The molecule has 1 amide bonds. The summed E-state index contributed by atoms with van der Waals surface area (Å²) in [5.74, 6) is 0.0949. The average Bonchev–Trinajstić information content (AvgIpc) is 2.15. The monoisotopic (exact) mass is 214 g/mol. The molecular formula is C12H26N2O. The van der Waals surface area contributed by atoms with Crippen molar-refractivity contribution in [1.82, 2.24) is 10.6 Å². The topological polar surface area (TPSA) is 41.1 Å². The fourth-order valence-corrected chi connectivity index (χ4v) is 1.28. The second-order valence-electron chi connectivity index (χ2n) is 4.85. The standard InChI is InChI=1S/C12H26N2O/c1-6-8-10(3)14-11(15)9-13-12(4,5)7-2/h10,13H,6-9H2,1-5H3,(H,14,15). The molecule has 0 fully saturated rings. The minimum atomic E-state index is 0.0470. The Kier molecular flexibility index (Phi) is 6.57. The van der Waals surface area contributed by atoms with E-state index in [0.29, 0.717) is 6.54 Å². The van der Waals surface area contributed by atoms with Crippen molar-refractivity contribution in [3.63, 3.8) is 0 Å². The summed E-state index contributed by atoms with van der Waals surface area (Å²) in [5.41, 5.74) is 0.0470. The molecule has 15 heavy (non-hydrogen) atoms. The average molecular weight is 214 g/mol. The second kappa shape index (κ2) is 6.83. The predicted molar refractivity (Wildman–Crippen MR) is 64.9 cm³/mol. The lowest BCUT2D eigenvalue weighted by molar-refractivity contribution is -0.121. The van der Waals surface area contributed by atoms with Gasteiger partial charge in [0, 0.05) is 11.6 Å². The maximum Gasteiger partial charge on any atom is 0.234 e. The molecule has 0 aromatic rings. The Morgan fingerprint density at radius 1 is 1.33 bits per heavy atom. The lowest BCUT2D eigenvalue weighted by Crippen LogP contribution is -2.46. The third-order valence-electron chi connectivity index (χ3n) is 2.74. The van der Waals surface area contributed by atoms with E-state index in [4.69, 9.17) is 0 Å². The highest BCUT2D eigenvalue weighted by Gasteiger charge is 2.15. The van der Waals surface area contributed by atoms with E-state index in [-0.39, 0.29) is 17.5 Å². The Bertz CT molecular complexity index is 190. The molecule has 0 saturated heterocycles. The van der Waals surface area contributed by atoms with Crippen molar-refractivity contribution < 1.29 is 4.79 Å². The van der Waals surface area contributed by atoms with Crippen LogP contribution in [0.15, 0.2) is 0 Å². The van der Waals surface area contributed by atoms with Gasteiger partial charge in [-0.1, -0.05) is 20.3 Å². The number of hydrogen-bond donors (Lipinski definition) is 2. The first-order chi connectivity index (χ1) is 6.91. The van der Waals surface area contributed by atoms with E-state index in [1.165, 1.54) is 0 Å². The minimum absolute atomic E-state index is 0.0470. The van der Waals surface area contributed by atoms with Crippen molar-refractivity contribution in [2.45, 2.75) is 65.5 Å². The van der Waals surface area contributed by atoms with Crippen LogP contribution in [0.5, 0.6) is 0 Å². The maximum absolute atomic E-state index is 11.5. The van der Waals surface area contributed by atoms with Gasteiger partial charge in [-0.15, -0.1) is 0 Å². The Labute approximate surface area is 94.0 Å². The van der Waals surface area contributed by atoms with Crippen LogP contribution in [0.3, 0.4) is 0 Å². The highest BCUT2D eigenvalue weighted by atomic mass is 16.1. The van der Waals surface area contributed by atoms with Gasteiger partial charge in [-0.3, -0.25) is 4.79 Å². The molecule has 90 valence electrons. The molecule has 0 radical (unpaired) electrons. The van der Waals surface area contributed by atoms with Crippen LogP contribution < -0.4 is 10.6 Å². The molecule has 0 aliphatic rings. The third-order valence-corrected chi connectivity index (χ3v) is 2.74. The summed E-state index contributed by atoms with van der Waals surface area (Å²) < 4.78 is 0. The first-order valence-electron chi connectivity index (χ1n) is 5.95. The highest BCUT2D eigenvalue weighted by molar-refractivity contribution is 5.78. The molecule has 0 rings (SSSR count). The summed E-state index contributed by atoms with van der Waals surface area (Å²) in [6.07, 6.45) is 3.17. The van der Waals surface area contributed by atoms with Gasteiger partial charge in [0.2, 0.25) is 5.91 Å². The van der Waals surface area contributed by atoms with Gasteiger partial charge in [-0.25, -0.2) is 0 Å². The Hall–Kier alpha value is -0.570. The first-order valence-corrected chi connectivity index (χ1v) is 5.95. The maximum atomic E-state index is 11.5. The zero-order chi connectivity index (χ0) is 11.9. The molecule has 3 heteroatoms. The molecule has 0 spiro atoms. The number of nitrogens with one attached hydrogen (secondary N) is 2. The summed E-state index contributed by atoms with van der Waals surface area (Å²) in [5, 5.41) is 6.22. The SMILES string of the molecule is CCCC(C)NC(=O)CNC(C)(C)CC. The van der Waals surface area contributed by atoms with E-state index in [1.807, 2.05) is 6.92 Å². The van der Waals surface area contributed by atoms with E-state index < -0.39 is 0 Å². The van der Waals surface area contributed by atoms with Crippen molar-refractivity contribution in [2.75, 3.05) is 6.54 Å². The van der Waals surface area contributed by atoms with Crippen LogP contribution in [0.4, 0.5) is 0 Å². The number of rotatable bonds is 7. The van der Waals surface area contributed by atoms with Gasteiger partial charge < -0.3 is 10.6 Å². The molecule has 0 heterocycles. The minimum Gasteiger partial charge on any atom is -0.353 e. The van der Waals surface area contributed by atoms with Gasteiger partial charge in [0.1, 0.15) is 0 Å². The number of amides is 1. The fourth-order valence-electron chi connectivity index (χ4n) is 1.28. The van der Waals surface area contributed by atoms with Crippen molar-refractivity contribution in [3.8, 4) is 0 Å². The summed E-state index contributed by atoms with van der Waals surface area (Å²) in [6, 6.07) is 0.286. The molecule has 0 saturated carbocycles. The van der Waals surface area contributed by atoms with E-state index in [2.05, 4.69) is 38.3 Å². The molecule has 0 aliphatic carbocycles. The quantitative estimate of drug-likeness (QED) is 0.681. The highest BCUT2D eigenvalue weighted by Crippen LogP contribution is 2.05. The van der Waals surface area contributed by atoms with Gasteiger partial charge in [0.05, 0.1) is 6.54 Å². The molecule has 2 N–H and O–H groups in total. The van der Waals surface area contributed by atoms with Crippen LogP contribution in [-0.2, 0) is 4.79 Å². The summed E-state index contributed by atoms with van der Waals surface area (Å²) in [4.78, 5) is 11.5. The molecule has 0 aliphatic heterocycles. The van der Waals surface area contributed by atoms with E-state index in [9.17, 15) is 4.79 Å². The molecular weight excluding hydrogens is 188 g/mol. The molecule has 3 nitrogen and oxygen atoms in total. The zero-order valence-corrected chi connectivity index (χ0v) is 10.8. The van der Waals surface area contributed by atoms with Gasteiger partial charge in [-0.05, 0) is 33.6 Å². The normalized spacial score (nSPS) is 13.7. The van der Waals surface area contributed by atoms with Gasteiger partial charge in [-0.2, -0.15) is 0 Å². The fraction of sp³-hybridized carbons (Fsp3) is 0.917. The predicted octanol–water partition coefficient (Wildman–Crippen LogP) is 2.07. The largest absolute Gasteiger partial charge is 0.353 e. The Balaban J connectivity index is 3.75. The molecule has 0 aromatic heterocycles. The lowest BCUT2D eigenvalue weighted by atomic mass is 10.0. The molecule has 0 bridgehead atoms. The number of carbonyl (C=O) groups excluding carboxylic acids is 1. The van der Waals surface area contributed by atoms with Crippen molar-refractivity contribution in [3.05, 3.63) is 0 Å². The van der Waals surface area contributed by atoms with Gasteiger partial charge >= 0.3 is 0 Å². The van der Waals surface area contributed by atoms with Crippen LogP contribution in [0.2, 0.25) is 0 Å². The summed E-state index contributed by atoms with van der Waals surface area (Å²) in [6.45, 7) is 10.9. The second-order valence-corrected chi connectivity index (χ2v) is 4.85. The van der Waals surface area contributed by atoms with Crippen LogP contribution >= 0.6 is 0 Å². The number of hydrogen-bond acceptors (Lipinski definition) is 2. The zero-order valence-electron chi connectivity index (χ0n) is 10.8. The molecule has 1 atom stereocenters. The van der Waals surface area contributed by atoms with Gasteiger partial charge in [0.15, 0.2) is 0 Å². The molecule has 1 unspecified atom stereocenters. The summed E-state index contributed by atoms with van der Waals surface area (Å²) in [7, 11) is 0. The Morgan fingerprint density at radius 3 is 2.40 bits per heavy atom. The molecule has 0 aromatic carbocycles. The lowest BCUT2D eigenvalue weighted by Gasteiger charge is -2.24. The van der Waals surface area contributed by atoms with E-state index in [1.54, 1.807) is 0 Å². The van der Waals surface area contributed by atoms with Crippen molar-refractivity contribution in [2.24, 2.45) is 0 Å². The Morgan fingerprint density at radius 2 is 1.93 bits per heavy atom. The van der Waals surface area contributed by atoms with Crippen LogP contribution in [0, 0.1) is 0 Å². The first kappa shape index (κ1) is 14.4.